The quantitative estimate of drug-likeness (QED) is 0.685. The lowest BCUT2D eigenvalue weighted by atomic mass is 10.0. The van der Waals surface area contributed by atoms with Crippen LogP contribution in [0.4, 0.5) is 4.79 Å². The molecular weight excluding hydrogens is 238 g/mol. The van der Waals surface area contributed by atoms with Gasteiger partial charge in [-0.2, -0.15) is 0 Å². The van der Waals surface area contributed by atoms with E-state index in [0.717, 1.165) is 0 Å². The fourth-order valence-corrected chi connectivity index (χ4v) is 1.78. The maximum Gasteiger partial charge on any atom is 0.407 e. The van der Waals surface area contributed by atoms with Crippen molar-refractivity contribution < 1.29 is 24.5 Å². The van der Waals surface area contributed by atoms with E-state index in [1.807, 2.05) is 0 Å². The van der Waals surface area contributed by atoms with Gasteiger partial charge in [-0.25, -0.2) is 4.79 Å². The molecule has 0 spiro atoms. The molecule has 106 valence electrons. The zero-order chi connectivity index (χ0) is 13.8. The van der Waals surface area contributed by atoms with Crippen molar-refractivity contribution in [3.63, 3.8) is 0 Å². The molecule has 18 heavy (non-hydrogen) atoms. The fraction of sp³-hybridized carbons (Fsp3) is 0.917. The number of hydrogen-bond donors (Lipinski definition) is 3. The van der Waals surface area contributed by atoms with Crippen LogP contribution in [-0.2, 0) is 9.47 Å². The highest BCUT2D eigenvalue weighted by Crippen LogP contribution is 2.17. The first-order valence-corrected chi connectivity index (χ1v) is 6.22. The van der Waals surface area contributed by atoms with Gasteiger partial charge in [0.15, 0.2) is 0 Å². The smallest absolute Gasteiger partial charge is 0.407 e. The van der Waals surface area contributed by atoms with Crippen molar-refractivity contribution in [3.8, 4) is 0 Å². The highest BCUT2D eigenvalue weighted by atomic mass is 16.6. The predicted molar refractivity (Wildman–Crippen MR) is 65.2 cm³/mol. The maximum atomic E-state index is 11.5. The zero-order valence-corrected chi connectivity index (χ0v) is 11.2. The topological polar surface area (TPSA) is 88.0 Å². The third-order valence-electron chi connectivity index (χ3n) is 2.65. The molecule has 1 aliphatic rings. The Balaban J connectivity index is 2.29. The molecule has 1 rings (SSSR count). The van der Waals surface area contributed by atoms with Crippen LogP contribution in [0.3, 0.4) is 0 Å². The van der Waals surface area contributed by atoms with Gasteiger partial charge in [0.1, 0.15) is 11.7 Å². The van der Waals surface area contributed by atoms with Gasteiger partial charge < -0.3 is 25.0 Å². The molecule has 6 nitrogen and oxygen atoms in total. The molecular formula is C12H23NO5. The molecule has 3 atom stereocenters. The van der Waals surface area contributed by atoms with E-state index in [1.54, 1.807) is 20.8 Å². The summed E-state index contributed by atoms with van der Waals surface area (Å²) < 4.78 is 10.5. The van der Waals surface area contributed by atoms with Crippen LogP contribution < -0.4 is 5.32 Å². The number of carbonyl (C=O) groups excluding carboxylic acids is 1. The normalized spacial score (nSPS) is 26.5. The first kappa shape index (κ1) is 15.2. The van der Waals surface area contributed by atoms with Crippen molar-refractivity contribution in [2.24, 2.45) is 0 Å². The standard InChI is InChI=1S/C12H23NO5/c1-12(2,3)18-11(16)13-8-4-5-10(17-7-8)9(15)6-14/h8-10,14-15H,4-7H2,1-3H3,(H,13,16). The zero-order valence-electron chi connectivity index (χ0n) is 11.2. The molecule has 3 N–H and O–H groups in total. The molecule has 0 aromatic carbocycles. The second-order valence-electron chi connectivity index (χ2n) is 5.54. The summed E-state index contributed by atoms with van der Waals surface area (Å²) in [6.45, 7) is 5.42. The third kappa shape index (κ3) is 5.20. The summed E-state index contributed by atoms with van der Waals surface area (Å²) in [5.41, 5.74) is -0.519. The Hall–Kier alpha value is -0.850. The van der Waals surface area contributed by atoms with E-state index in [4.69, 9.17) is 14.6 Å². The molecule has 1 fully saturated rings. The largest absolute Gasteiger partial charge is 0.444 e. The maximum absolute atomic E-state index is 11.5. The van der Waals surface area contributed by atoms with Crippen molar-refractivity contribution in [1.82, 2.24) is 5.32 Å². The molecule has 6 heteroatoms. The summed E-state index contributed by atoms with van der Waals surface area (Å²) in [5.74, 6) is 0. The highest BCUT2D eigenvalue weighted by molar-refractivity contribution is 5.68. The lowest BCUT2D eigenvalue weighted by Crippen LogP contribution is -2.47. The Morgan fingerprint density at radius 3 is 2.61 bits per heavy atom. The Morgan fingerprint density at radius 1 is 1.50 bits per heavy atom. The lowest BCUT2D eigenvalue weighted by Gasteiger charge is -2.32. The second-order valence-corrected chi connectivity index (χ2v) is 5.54. The van der Waals surface area contributed by atoms with Crippen LogP contribution in [-0.4, -0.2) is 53.4 Å². The molecule has 0 aromatic rings. The monoisotopic (exact) mass is 261 g/mol. The molecule has 0 radical (unpaired) electrons. The minimum Gasteiger partial charge on any atom is -0.444 e. The third-order valence-corrected chi connectivity index (χ3v) is 2.65. The van der Waals surface area contributed by atoms with Gasteiger partial charge >= 0.3 is 6.09 Å². The summed E-state index contributed by atoms with van der Waals surface area (Å²) >= 11 is 0. The average Bonchev–Trinajstić information content (AvgIpc) is 2.26. The van der Waals surface area contributed by atoms with E-state index in [1.165, 1.54) is 0 Å². The van der Waals surface area contributed by atoms with Gasteiger partial charge in [0.05, 0.1) is 25.4 Å². The molecule has 0 aromatic heterocycles. The number of hydrogen-bond acceptors (Lipinski definition) is 5. The van der Waals surface area contributed by atoms with Crippen LogP contribution in [0.5, 0.6) is 0 Å². The molecule has 1 saturated heterocycles. The van der Waals surface area contributed by atoms with E-state index in [2.05, 4.69) is 5.32 Å². The van der Waals surface area contributed by atoms with Gasteiger partial charge in [0.25, 0.3) is 0 Å². The number of carbonyl (C=O) groups is 1. The van der Waals surface area contributed by atoms with Crippen LogP contribution in [0.25, 0.3) is 0 Å². The first-order chi connectivity index (χ1) is 8.31. The summed E-state index contributed by atoms with van der Waals surface area (Å²) in [5, 5.41) is 20.9. The average molecular weight is 261 g/mol. The van der Waals surface area contributed by atoms with Gasteiger partial charge in [-0.3, -0.25) is 0 Å². The number of nitrogens with one attached hydrogen (secondary N) is 1. The summed E-state index contributed by atoms with van der Waals surface area (Å²) in [6, 6.07) is -0.109. The van der Waals surface area contributed by atoms with Crippen molar-refractivity contribution in [2.75, 3.05) is 13.2 Å². The van der Waals surface area contributed by atoms with Crippen molar-refractivity contribution in [3.05, 3.63) is 0 Å². The summed E-state index contributed by atoms with van der Waals surface area (Å²) in [7, 11) is 0. The van der Waals surface area contributed by atoms with E-state index in [-0.39, 0.29) is 18.8 Å². The van der Waals surface area contributed by atoms with Gasteiger partial charge in [0.2, 0.25) is 0 Å². The predicted octanol–water partition coefficient (Wildman–Crippen LogP) is 0.412. The number of aliphatic hydroxyl groups is 2. The number of aliphatic hydroxyl groups excluding tert-OH is 2. The van der Waals surface area contributed by atoms with E-state index in [0.29, 0.717) is 19.4 Å². The molecule has 1 heterocycles. The van der Waals surface area contributed by atoms with Crippen LogP contribution in [0, 0.1) is 0 Å². The Bertz CT molecular complexity index is 268. The van der Waals surface area contributed by atoms with Crippen LogP contribution >= 0.6 is 0 Å². The molecule has 0 saturated carbocycles. The van der Waals surface area contributed by atoms with Crippen LogP contribution in [0.15, 0.2) is 0 Å². The Labute approximate surface area is 107 Å². The Kier molecular flexibility index (Phi) is 5.37. The van der Waals surface area contributed by atoms with E-state index in [9.17, 15) is 9.90 Å². The van der Waals surface area contributed by atoms with Gasteiger partial charge in [-0.05, 0) is 33.6 Å². The number of amides is 1. The van der Waals surface area contributed by atoms with E-state index >= 15 is 0 Å². The molecule has 3 unspecified atom stereocenters. The number of alkyl carbamates (subject to hydrolysis) is 1. The second kappa shape index (κ2) is 6.36. The van der Waals surface area contributed by atoms with Crippen molar-refractivity contribution >= 4 is 6.09 Å². The van der Waals surface area contributed by atoms with Gasteiger partial charge in [-0.1, -0.05) is 0 Å². The summed E-state index contributed by atoms with van der Waals surface area (Å²) in [4.78, 5) is 11.5. The minimum atomic E-state index is -0.854. The highest BCUT2D eigenvalue weighted by Gasteiger charge is 2.28. The molecule has 1 aliphatic heterocycles. The van der Waals surface area contributed by atoms with Crippen LogP contribution in [0.2, 0.25) is 0 Å². The fourth-order valence-electron chi connectivity index (χ4n) is 1.78. The molecule has 0 bridgehead atoms. The summed E-state index contributed by atoms with van der Waals surface area (Å²) in [6.07, 6.45) is -0.375. The Morgan fingerprint density at radius 2 is 2.17 bits per heavy atom. The first-order valence-electron chi connectivity index (χ1n) is 6.22. The number of rotatable bonds is 3. The van der Waals surface area contributed by atoms with Gasteiger partial charge in [-0.15, -0.1) is 0 Å². The molecule has 0 aliphatic carbocycles. The lowest BCUT2D eigenvalue weighted by molar-refractivity contribution is -0.0871. The number of ether oxygens (including phenoxy) is 2. The van der Waals surface area contributed by atoms with Gasteiger partial charge in [0, 0.05) is 0 Å². The molecule has 1 amide bonds. The minimum absolute atomic E-state index is 0.109. The van der Waals surface area contributed by atoms with Crippen molar-refractivity contribution in [1.29, 1.82) is 0 Å². The SMILES string of the molecule is CC(C)(C)OC(=O)NC1CCC(C(O)CO)OC1. The van der Waals surface area contributed by atoms with Crippen molar-refractivity contribution in [2.45, 2.75) is 57.5 Å². The van der Waals surface area contributed by atoms with Crippen LogP contribution in [0.1, 0.15) is 33.6 Å². The van der Waals surface area contributed by atoms with E-state index < -0.39 is 17.8 Å².